The number of halogens is 1. The van der Waals surface area contributed by atoms with Crippen molar-refractivity contribution in [1.82, 2.24) is 10.3 Å². The lowest BCUT2D eigenvalue weighted by Gasteiger charge is -2.34. The van der Waals surface area contributed by atoms with Gasteiger partial charge in [-0.05, 0) is 39.2 Å². The number of piperidine rings is 1. The molecule has 1 N–H and O–H groups in total. The van der Waals surface area contributed by atoms with Crippen LogP contribution < -0.4 is 15.0 Å². The van der Waals surface area contributed by atoms with Crippen LogP contribution in [0.3, 0.4) is 0 Å². The second-order valence-electron chi connectivity index (χ2n) is 8.19. The van der Waals surface area contributed by atoms with Crippen molar-refractivity contribution in [2.24, 2.45) is 0 Å². The van der Waals surface area contributed by atoms with Crippen LogP contribution in [0, 0.1) is 0 Å². The van der Waals surface area contributed by atoms with Crippen molar-refractivity contribution in [2.75, 3.05) is 18.0 Å². The van der Waals surface area contributed by atoms with Crippen LogP contribution in [0.2, 0.25) is 5.15 Å². The summed E-state index contributed by atoms with van der Waals surface area (Å²) in [6, 6.07) is 13.6. The topological polar surface area (TPSA) is 63.7 Å². The quantitative estimate of drug-likeness (QED) is 0.707. The van der Waals surface area contributed by atoms with Gasteiger partial charge in [-0.1, -0.05) is 41.9 Å². The van der Waals surface area contributed by atoms with Gasteiger partial charge in [-0.2, -0.15) is 0 Å². The lowest BCUT2D eigenvalue weighted by atomic mass is 10.1. The molecule has 3 rings (SSSR count). The first-order chi connectivity index (χ1) is 13.8. The van der Waals surface area contributed by atoms with Gasteiger partial charge in [-0.15, -0.1) is 0 Å². The van der Waals surface area contributed by atoms with Crippen LogP contribution in [0.4, 0.5) is 10.6 Å². The molecule has 1 aromatic carbocycles. The smallest absolute Gasteiger partial charge is 0.407 e. The van der Waals surface area contributed by atoms with E-state index in [-0.39, 0.29) is 6.04 Å². The number of carbonyl (C=O) groups excluding carboxylic acids is 1. The third kappa shape index (κ3) is 6.82. The van der Waals surface area contributed by atoms with Crippen LogP contribution >= 0.6 is 11.6 Å². The molecule has 29 heavy (non-hydrogen) atoms. The first-order valence-electron chi connectivity index (χ1n) is 9.87. The molecule has 2 aromatic rings. The van der Waals surface area contributed by atoms with Crippen molar-refractivity contribution in [3.8, 4) is 5.75 Å². The third-order valence-corrected chi connectivity index (χ3v) is 4.66. The SMILES string of the molecule is CC(C)(C)OC(=O)N[C@H]1CCCN(c2cc(OCc3ccccc3)cc(Cl)n2)C1. The maximum atomic E-state index is 12.1. The molecule has 0 bridgehead atoms. The second-order valence-corrected chi connectivity index (χ2v) is 8.58. The first-order valence-corrected chi connectivity index (χ1v) is 10.2. The van der Waals surface area contributed by atoms with Crippen molar-refractivity contribution >= 4 is 23.5 Å². The number of rotatable bonds is 5. The number of nitrogens with one attached hydrogen (secondary N) is 1. The van der Waals surface area contributed by atoms with E-state index in [1.807, 2.05) is 57.2 Å². The third-order valence-electron chi connectivity index (χ3n) is 4.47. The number of ether oxygens (including phenoxy) is 2. The number of anilines is 1. The molecule has 156 valence electrons. The van der Waals surface area contributed by atoms with Crippen LogP contribution in [0.5, 0.6) is 5.75 Å². The Morgan fingerprint density at radius 3 is 2.76 bits per heavy atom. The van der Waals surface area contributed by atoms with E-state index in [1.165, 1.54) is 0 Å². The fraction of sp³-hybridized carbons (Fsp3) is 0.455. The summed E-state index contributed by atoms with van der Waals surface area (Å²) in [5.74, 6) is 1.42. The highest BCUT2D eigenvalue weighted by Gasteiger charge is 2.25. The number of carbonyl (C=O) groups is 1. The summed E-state index contributed by atoms with van der Waals surface area (Å²) in [7, 11) is 0. The van der Waals surface area contributed by atoms with Gasteiger partial charge in [0.2, 0.25) is 0 Å². The average molecular weight is 418 g/mol. The zero-order valence-electron chi connectivity index (χ0n) is 17.2. The number of pyridine rings is 1. The Hall–Kier alpha value is -2.47. The zero-order valence-corrected chi connectivity index (χ0v) is 17.9. The summed E-state index contributed by atoms with van der Waals surface area (Å²) in [5, 5.41) is 3.34. The van der Waals surface area contributed by atoms with Crippen LogP contribution in [-0.4, -0.2) is 35.8 Å². The average Bonchev–Trinajstić information content (AvgIpc) is 2.65. The predicted molar refractivity (Wildman–Crippen MR) is 115 cm³/mol. The van der Waals surface area contributed by atoms with E-state index in [2.05, 4.69) is 15.2 Å². The van der Waals surface area contributed by atoms with E-state index in [0.29, 0.717) is 24.1 Å². The summed E-state index contributed by atoms with van der Waals surface area (Å²) < 4.78 is 11.3. The zero-order chi connectivity index (χ0) is 20.9. The molecule has 0 radical (unpaired) electrons. The Balaban J connectivity index is 1.63. The van der Waals surface area contributed by atoms with Crippen molar-refractivity contribution in [1.29, 1.82) is 0 Å². The molecule has 7 heteroatoms. The molecule has 1 aromatic heterocycles. The fourth-order valence-corrected chi connectivity index (χ4v) is 3.42. The van der Waals surface area contributed by atoms with Gasteiger partial charge in [0.15, 0.2) is 0 Å². The van der Waals surface area contributed by atoms with E-state index in [0.717, 1.165) is 30.8 Å². The minimum Gasteiger partial charge on any atom is -0.489 e. The van der Waals surface area contributed by atoms with Crippen molar-refractivity contribution in [2.45, 2.75) is 51.9 Å². The van der Waals surface area contributed by atoms with E-state index in [1.54, 1.807) is 6.07 Å². The maximum absolute atomic E-state index is 12.1. The van der Waals surface area contributed by atoms with Gasteiger partial charge < -0.3 is 19.7 Å². The number of aromatic nitrogens is 1. The second kappa shape index (κ2) is 9.35. The van der Waals surface area contributed by atoms with Gasteiger partial charge in [0, 0.05) is 31.3 Å². The number of hydrogen-bond acceptors (Lipinski definition) is 5. The monoisotopic (exact) mass is 417 g/mol. The molecular formula is C22H28ClN3O3. The van der Waals surface area contributed by atoms with E-state index in [9.17, 15) is 4.79 Å². The highest BCUT2D eigenvalue weighted by atomic mass is 35.5. The van der Waals surface area contributed by atoms with Gasteiger partial charge in [0.25, 0.3) is 0 Å². The lowest BCUT2D eigenvalue weighted by molar-refractivity contribution is 0.0500. The fourth-order valence-electron chi connectivity index (χ4n) is 3.22. The first kappa shape index (κ1) is 21.2. The molecule has 1 aliphatic rings. The molecule has 1 amide bonds. The summed E-state index contributed by atoms with van der Waals surface area (Å²) in [5.41, 5.74) is 0.569. The number of hydrogen-bond donors (Lipinski definition) is 1. The Bertz CT molecular complexity index is 824. The Morgan fingerprint density at radius 1 is 1.28 bits per heavy atom. The van der Waals surface area contributed by atoms with E-state index in [4.69, 9.17) is 21.1 Å². The molecule has 0 spiro atoms. The number of alkyl carbamates (subject to hydrolysis) is 1. The Kier molecular flexibility index (Phi) is 6.85. The minimum atomic E-state index is -0.516. The maximum Gasteiger partial charge on any atom is 0.407 e. The van der Waals surface area contributed by atoms with Gasteiger partial charge in [0.05, 0.1) is 0 Å². The van der Waals surface area contributed by atoms with Gasteiger partial charge in [-0.25, -0.2) is 9.78 Å². The summed E-state index contributed by atoms with van der Waals surface area (Å²) in [6.07, 6.45) is 1.44. The van der Waals surface area contributed by atoms with E-state index >= 15 is 0 Å². The minimum absolute atomic E-state index is 0.00642. The molecule has 0 saturated carbocycles. The van der Waals surface area contributed by atoms with Gasteiger partial charge in [0.1, 0.15) is 28.9 Å². The predicted octanol–water partition coefficient (Wildman–Crippen LogP) is 4.81. The molecule has 0 unspecified atom stereocenters. The largest absolute Gasteiger partial charge is 0.489 e. The lowest BCUT2D eigenvalue weighted by Crippen LogP contribution is -2.49. The summed E-state index contributed by atoms with van der Waals surface area (Å²) in [6.45, 7) is 7.51. The summed E-state index contributed by atoms with van der Waals surface area (Å²) >= 11 is 6.24. The highest BCUT2D eigenvalue weighted by molar-refractivity contribution is 6.29. The van der Waals surface area contributed by atoms with Crippen LogP contribution in [0.15, 0.2) is 42.5 Å². The molecule has 1 atom stereocenters. The molecule has 2 heterocycles. The number of benzene rings is 1. The number of nitrogens with zero attached hydrogens (tertiary/aromatic N) is 2. The van der Waals surface area contributed by atoms with Crippen molar-refractivity contribution in [3.05, 3.63) is 53.2 Å². The van der Waals surface area contributed by atoms with Gasteiger partial charge in [-0.3, -0.25) is 0 Å². The normalized spacial score (nSPS) is 17.0. The molecule has 1 saturated heterocycles. The molecule has 1 fully saturated rings. The standard InChI is InChI=1S/C22H28ClN3O3/c1-22(2,3)29-21(27)24-17-10-7-11-26(14-17)20-13-18(12-19(23)25-20)28-15-16-8-5-4-6-9-16/h4-6,8-9,12-13,17H,7,10-11,14-15H2,1-3H3,(H,24,27)/t17-/m0/s1. The van der Waals surface area contributed by atoms with Crippen LogP contribution in [-0.2, 0) is 11.3 Å². The molecule has 0 aliphatic carbocycles. The van der Waals surface area contributed by atoms with Crippen molar-refractivity contribution in [3.63, 3.8) is 0 Å². The highest BCUT2D eigenvalue weighted by Crippen LogP contribution is 2.26. The molecule has 6 nitrogen and oxygen atoms in total. The molecule has 1 aliphatic heterocycles. The Morgan fingerprint density at radius 2 is 2.03 bits per heavy atom. The summed E-state index contributed by atoms with van der Waals surface area (Å²) in [4.78, 5) is 18.7. The van der Waals surface area contributed by atoms with E-state index < -0.39 is 11.7 Å². The van der Waals surface area contributed by atoms with Crippen molar-refractivity contribution < 1.29 is 14.3 Å². The van der Waals surface area contributed by atoms with Crippen LogP contribution in [0.25, 0.3) is 0 Å². The Labute approximate surface area is 177 Å². The van der Waals surface area contributed by atoms with Gasteiger partial charge >= 0.3 is 6.09 Å². The number of amides is 1. The van der Waals surface area contributed by atoms with Crippen LogP contribution in [0.1, 0.15) is 39.2 Å². The molecular weight excluding hydrogens is 390 g/mol.